The van der Waals surface area contributed by atoms with Gasteiger partial charge in [-0.05, 0) is 10.4 Å². The molecule has 0 fully saturated rings. The lowest BCUT2D eigenvalue weighted by atomic mass is 10.6. The van der Waals surface area contributed by atoms with Crippen LogP contribution in [0.1, 0.15) is 5.82 Å². The highest BCUT2D eigenvalue weighted by Gasteiger charge is 2.02. The first-order valence-electron chi connectivity index (χ1n) is 3.55. The molecule has 0 aliphatic heterocycles. The number of H-pyrrole nitrogens is 1. The van der Waals surface area contributed by atoms with Crippen molar-refractivity contribution in [2.24, 2.45) is 7.05 Å². The average Bonchev–Trinajstić information content (AvgIpc) is 2.72. The molecule has 0 radical (unpaired) electrons. The third-order valence-electron chi connectivity index (χ3n) is 1.41. The number of nitrogens with zero attached hydrogens (tertiary/aromatic N) is 7. The summed E-state index contributed by atoms with van der Waals surface area (Å²) in [6.45, 7) is 0.435. The average molecular weight is 181 g/mol. The number of aryl methyl sites for hydroxylation is 1. The molecule has 2 aromatic rings. The van der Waals surface area contributed by atoms with Crippen LogP contribution in [0.4, 0.5) is 5.95 Å². The van der Waals surface area contributed by atoms with Gasteiger partial charge in [-0.25, -0.2) is 4.68 Å². The minimum Gasteiger partial charge on any atom is -0.346 e. The Labute approximate surface area is 72.5 Å². The highest BCUT2D eigenvalue weighted by atomic mass is 15.6. The molecule has 9 nitrogen and oxygen atoms in total. The number of hydrogen-bond donors (Lipinski definition) is 2. The van der Waals surface area contributed by atoms with Crippen LogP contribution in [0.3, 0.4) is 0 Å². The molecule has 0 saturated heterocycles. The molecular formula is C4H7N9. The third kappa shape index (κ3) is 1.58. The van der Waals surface area contributed by atoms with Crippen LogP contribution in [0.25, 0.3) is 0 Å². The smallest absolute Gasteiger partial charge is 0.243 e. The molecule has 2 aromatic heterocycles. The number of tetrazole rings is 2. The van der Waals surface area contributed by atoms with Crippen molar-refractivity contribution in [2.75, 3.05) is 5.32 Å². The first-order chi connectivity index (χ1) is 6.36. The molecule has 2 N–H and O–H groups in total. The second-order valence-corrected chi connectivity index (χ2v) is 2.31. The molecule has 0 aromatic carbocycles. The Balaban J connectivity index is 1.97. The SMILES string of the molecule is Cn1nnnc1NCc1nn[nH]n1. The van der Waals surface area contributed by atoms with E-state index in [1.165, 1.54) is 4.68 Å². The van der Waals surface area contributed by atoms with Crippen molar-refractivity contribution in [1.82, 2.24) is 40.8 Å². The van der Waals surface area contributed by atoms with Crippen molar-refractivity contribution >= 4 is 5.95 Å². The summed E-state index contributed by atoms with van der Waals surface area (Å²) in [5, 5.41) is 27.0. The molecule has 0 aliphatic carbocycles. The lowest BCUT2D eigenvalue weighted by molar-refractivity contribution is 0.711. The van der Waals surface area contributed by atoms with Crippen LogP contribution < -0.4 is 5.32 Å². The van der Waals surface area contributed by atoms with Gasteiger partial charge in [0, 0.05) is 7.05 Å². The van der Waals surface area contributed by atoms with E-state index < -0.39 is 0 Å². The minimum absolute atomic E-state index is 0.435. The summed E-state index contributed by atoms with van der Waals surface area (Å²) in [4.78, 5) is 0. The summed E-state index contributed by atoms with van der Waals surface area (Å²) in [5.41, 5.74) is 0. The van der Waals surface area contributed by atoms with Crippen LogP contribution in [0.5, 0.6) is 0 Å². The van der Waals surface area contributed by atoms with Gasteiger partial charge >= 0.3 is 0 Å². The molecule has 0 spiro atoms. The molecule has 0 unspecified atom stereocenters. The maximum Gasteiger partial charge on any atom is 0.243 e. The topological polar surface area (TPSA) is 110 Å². The zero-order valence-electron chi connectivity index (χ0n) is 6.84. The predicted octanol–water partition coefficient (Wildman–Crippen LogP) is -1.66. The monoisotopic (exact) mass is 181 g/mol. The van der Waals surface area contributed by atoms with Crippen LogP contribution in [-0.2, 0) is 13.6 Å². The summed E-state index contributed by atoms with van der Waals surface area (Å²) >= 11 is 0. The van der Waals surface area contributed by atoms with E-state index in [2.05, 4.69) is 41.5 Å². The minimum atomic E-state index is 0.435. The molecule has 13 heavy (non-hydrogen) atoms. The van der Waals surface area contributed by atoms with E-state index in [0.717, 1.165) is 0 Å². The molecule has 68 valence electrons. The molecule has 0 aliphatic rings. The van der Waals surface area contributed by atoms with Gasteiger partial charge in [0.25, 0.3) is 0 Å². The van der Waals surface area contributed by atoms with Gasteiger partial charge in [0.1, 0.15) is 0 Å². The van der Waals surface area contributed by atoms with E-state index in [9.17, 15) is 0 Å². The third-order valence-corrected chi connectivity index (χ3v) is 1.41. The molecule has 0 amide bonds. The molecule has 9 heteroatoms. The maximum absolute atomic E-state index is 3.76. The molecule has 2 heterocycles. The second kappa shape index (κ2) is 3.13. The Kier molecular flexibility index (Phi) is 1.82. The number of aromatic amines is 1. The lowest BCUT2D eigenvalue weighted by Gasteiger charge is -1.98. The molecule has 2 rings (SSSR count). The van der Waals surface area contributed by atoms with Gasteiger partial charge in [-0.2, -0.15) is 5.21 Å². The van der Waals surface area contributed by atoms with Crippen molar-refractivity contribution in [3.8, 4) is 0 Å². The van der Waals surface area contributed by atoms with Crippen LogP contribution >= 0.6 is 0 Å². The van der Waals surface area contributed by atoms with Gasteiger partial charge in [-0.3, -0.25) is 0 Å². The van der Waals surface area contributed by atoms with Gasteiger partial charge in [0.15, 0.2) is 5.82 Å². The van der Waals surface area contributed by atoms with E-state index in [1.54, 1.807) is 7.05 Å². The van der Waals surface area contributed by atoms with Crippen molar-refractivity contribution in [2.45, 2.75) is 6.54 Å². The Morgan fingerprint density at radius 1 is 1.46 bits per heavy atom. The highest BCUT2D eigenvalue weighted by Crippen LogP contribution is 1.96. The van der Waals surface area contributed by atoms with Crippen molar-refractivity contribution in [1.29, 1.82) is 0 Å². The van der Waals surface area contributed by atoms with Crippen LogP contribution in [0.2, 0.25) is 0 Å². The summed E-state index contributed by atoms with van der Waals surface area (Å²) in [6.07, 6.45) is 0. The fourth-order valence-electron chi connectivity index (χ4n) is 0.795. The van der Waals surface area contributed by atoms with E-state index in [4.69, 9.17) is 0 Å². The molecule has 0 bridgehead atoms. The summed E-state index contributed by atoms with van der Waals surface area (Å²) in [7, 11) is 1.73. The lowest BCUT2D eigenvalue weighted by Crippen LogP contribution is -2.06. The Morgan fingerprint density at radius 3 is 3.00 bits per heavy atom. The Bertz CT molecular complexity index is 361. The van der Waals surface area contributed by atoms with Crippen LogP contribution in [0.15, 0.2) is 0 Å². The zero-order chi connectivity index (χ0) is 9.10. The Hall–Kier alpha value is -2.06. The first-order valence-corrected chi connectivity index (χ1v) is 3.55. The predicted molar refractivity (Wildman–Crippen MR) is 40.3 cm³/mol. The quantitative estimate of drug-likeness (QED) is 0.582. The number of hydrogen-bond acceptors (Lipinski definition) is 7. The fraction of sp³-hybridized carbons (Fsp3) is 0.500. The van der Waals surface area contributed by atoms with Crippen molar-refractivity contribution < 1.29 is 0 Å². The molecule has 0 atom stereocenters. The van der Waals surface area contributed by atoms with Gasteiger partial charge < -0.3 is 5.32 Å². The van der Waals surface area contributed by atoms with Gasteiger partial charge in [0.05, 0.1) is 6.54 Å². The van der Waals surface area contributed by atoms with E-state index in [1.807, 2.05) is 0 Å². The fourth-order valence-corrected chi connectivity index (χ4v) is 0.795. The number of anilines is 1. The zero-order valence-corrected chi connectivity index (χ0v) is 6.84. The maximum atomic E-state index is 3.76. The number of aromatic nitrogens is 8. The largest absolute Gasteiger partial charge is 0.346 e. The van der Waals surface area contributed by atoms with Gasteiger partial charge in [-0.1, -0.05) is 10.3 Å². The number of nitrogens with one attached hydrogen (secondary N) is 2. The second-order valence-electron chi connectivity index (χ2n) is 2.31. The van der Waals surface area contributed by atoms with E-state index in [-0.39, 0.29) is 0 Å². The first kappa shape index (κ1) is 7.58. The van der Waals surface area contributed by atoms with Gasteiger partial charge in [0.2, 0.25) is 5.95 Å². The normalized spacial score (nSPS) is 10.2. The van der Waals surface area contributed by atoms with Crippen molar-refractivity contribution in [3.63, 3.8) is 0 Å². The molecular weight excluding hydrogens is 174 g/mol. The van der Waals surface area contributed by atoms with Crippen molar-refractivity contribution in [3.05, 3.63) is 5.82 Å². The number of rotatable bonds is 3. The summed E-state index contributed by atoms with van der Waals surface area (Å²) in [6, 6.07) is 0. The summed E-state index contributed by atoms with van der Waals surface area (Å²) in [5.74, 6) is 1.12. The van der Waals surface area contributed by atoms with Gasteiger partial charge in [-0.15, -0.1) is 10.2 Å². The van der Waals surface area contributed by atoms with Crippen LogP contribution in [0, 0.1) is 0 Å². The standard InChI is InChI=1S/C4H7N9/c1-13-4(8-11-12-13)5-2-3-6-9-10-7-3/h2H2,1H3,(H,5,8,12)(H,6,7,9,10). The van der Waals surface area contributed by atoms with E-state index in [0.29, 0.717) is 18.3 Å². The Morgan fingerprint density at radius 2 is 2.38 bits per heavy atom. The van der Waals surface area contributed by atoms with E-state index >= 15 is 0 Å². The molecule has 0 saturated carbocycles. The van der Waals surface area contributed by atoms with Crippen LogP contribution in [-0.4, -0.2) is 40.8 Å². The summed E-state index contributed by atoms with van der Waals surface area (Å²) < 4.78 is 1.51. The highest BCUT2D eigenvalue weighted by molar-refractivity contribution is 5.20.